The van der Waals surface area contributed by atoms with Crippen LogP contribution in [0.5, 0.6) is 11.5 Å². The third-order valence-corrected chi connectivity index (χ3v) is 4.16. The Morgan fingerprint density at radius 1 is 1.30 bits per heavy atom. The lowest BCUT2D eigenvalue weighted by Crippen LogP contribution is -1.94. The third-order valence-electron chi connectivity index (χ3n) is 3.83. The molecule has 0 fully saturated rings. The molecule has 0 radical (unpaired) electrons. The summed E-state index contributed by atoms with van der Waals surface area (Å²) in [5.74, 6) is 0.402. The average Bonchev–Trinajstić information content (AvgIpc) is 3.03. The van der Waals surface area contributed by atoms with Crippen LogP contribution in [0.3, 0.4) is 0 Å². The molecular formula is C18H14ClN6O2+. The first-order valence-corrected chi connectivity index (χ1v) is 8.54. The molecule has 2 heterocycles. The quantitative estimate of drug-likeness (QED) is 0.318. The number of aromatic hydroxyl groups is 1. The minimum atomic E-state index is -0.0345. The first kappa shape index (κ1) is 17.0. The largest absolute Gasteiger partial charge is 0.504 e. The van der Waals surface area contributed by atoms with E-state index in [0.717, 1.165) is 10.9 Å². The standard InChI is InChI=1S/C18H13ClN6O2/c1-2-27-15-7-10(12(19)8-14(15)26)9-20-24-18-22-17-16(23-25-18)11-5-3-4-6-13(11)21-17/h3-9H,2H2,1H3,(H,20,21,22,23,25,26)/p+1. The van der Waals surface area contributed by atoms with Crippen molar-refractivity contribution in [3.05, 3.63) is 47.0 Å². The molecule has 0 aliphatic carbocycles. The van der Waals surface area contributed by atoms with E-state index >= 15 is 0 Å². The van der Waals surface area contributed by atoms with Gasteiger partial charge in [-0.25, -0.2) is 0 Å². The van der Waals surface area contributed by atoms with E-state index in [2.05, 4.69) is 30.1 Å². The smallest absolute Gasteiger partial charge is 0.353 e. The zero-order valence-corrected chi connectivity index (χ0v) is 15.0. The number of aromatic nitrogens is 4. The van der Waals surface area contributed by atoms with Gasteiger partial charge in [-0.2, -0.15) is 4.98 Å². The molecule has 0 saturated heterocycles. The molecule has 4 rings (SSSR count). The summed E-state index contributed by atoms with van der Waals surface area (Å²) in [6.45, 7) is 2.24. The summed E-state index contributed by atoms with van der Waals surface area (Å²) < 4.78 is 5.33. The molecule has 0 saturated carbocycles. The van der Waals surface area contributed by atoms with E-state index in [4.69, 9.17) is 16.3 Å². The second kappa shape index (κ2) is 7.03. The second-order valence-corrected chi connectivity index (χ2v) is 6.01. The molecular weight excluding hydrogens is 368 g/mol. The van der Waals surface area contributed by atoms with Gasteiger partial charge < -0.3 is 14.8 Å². The zero-order chi connectivity index (χ0) is 18.8. The Balaban J connectivity index is 1.68. The molecule has 2 aromatic heterocycles. The van der Waals surface area contributed by atoms with Gasteiger partial charge >= 0.3 is 12.2 Å². The number of ether oxygens (including phenoxy) is 1. The summed E-state index contributed by atoms with van der Waals surface area (Å²) in [5, 5.41) is 23.2. The molecule has 0 aliphatic rings. The van der Waals surface area contributed by atoms with Crippen molar-refractivity contribution in [2.24, 2.45) is 5.11 Å². The van der Waals surface area contributed by atoms with Crippen LogP contribution >= 0.6 is 11.6 Å². The number of hydrogen-bond donors (Lipinski definition) is 2. The van der Waals surface area contributed by atoms with Gasteiger partial charge in [-0.15, -0.1) is 10.2 Å². The first-order chi connectivity index (χ1) is 13.2. The van der Waals surface area contributed by atoms with Gasteiger partial charge in [0, 0.05) is 23.0 Å². The number of benzene rings is 2. The van der Waals surface area contributed by atoms with Gasteiger partial charge in [0.1, 0.15) is 5.52 Å². The molecule has 0 amide bonds. The SMILES string of the molecule is CCOc1cc(C=[N+]=Nc2nnc3c(n2)[nH]c2ccccc23)c(Cl)cc1O. The highest BCUT2D eigenvalue weighted by molar-refractivity contribution is 6.33. The van der Waals surface area contributed by atoms with Crippen LogP contribution in [-0.4, -0.2) is 42.9 Å². The van der Waals surface area contributed by atoms with Crippen molar-refractivity contribution in [3.8, 4) is 11.5 Å². The van der Waals surface area contributed by atoms with Crippen LogP contribution in [0, 0.1) is 0 Å². The summed E-state index contributed by atoms with van der Waals surface area (Å²) >= 11 is 6.11. The molecule has 27 heavy (non-hydrogen) atoms. The van der Waals surface area contributed by atoms with Crippen LogP contribution in [0.15, 0.2) is 41.5 Å². The number of nitrogens with one attached hydrogen (secondary N) is 1. The highest BCUT2D eigenvalue weighted by Crippen LogP contribution is 2.31. The van der Waals surface area contributed by atoms with Crippen molar-refractivity contribution < 1.29 is 14.6 Å². The van der Waals surface area contributed by atoms with E-state index in [1.807, 2.05) is 31.2 Å². The minimum absolute atomic E-state index is 0.0345. The van der Waals surface area contributed by atoms with Gasteiger partial charge in [0.05, 0.1) is 22.0 Å². The van der Waals surface area contributed by atoms with E-state index in [-0.39, 0.29) is 11.7 Å². The predicted octanol–water partition coefficient (Wildman–Crippen LogP) is 3.67. The summed E-state index contributed by atoms with van der Waals surface area (Å²) in [5.41, 5.74) is 2.73. The van der Waals surface area contributed by atoms with Crippen LogP contribution in [-0.2, 0) is 0 Å². The van der Waals surface area contributed by atoms with Crippen molar-refractivity contribution in [2.45, 2.75) is 6.92 Å². The molecule has 2 aromatic carbocycles. The van der Waals surface area contributed by atoms with Crippen LogP contribution in [0.25, 0.3) is 22.1 Å². The molecule has 0 aliphatic heterocycles. The maximum absolute atomic E-state index is 9.80. The zero-order valence-electron chi connectivity index (χ0n) is 14.2. The number of phenolic OH excluding ortho intramolecular Hbond substituents is 1. The van der Waals surface area contributed by atoms with Crippen LogP contribution in [0.1, 0.15) is 12.5 Å². The fourth-order valence-electron chi connectivity index (χ4n) is 2.63. The summed E-state index contributed by atoms with van der Waals surface area (Å²) in [4.78, 5) is 11.5. The topological polar surface area (TPSA) is 110 Å². The molecule has 2 N–H and O–H groups in total. The van der Waals surface area contributed by atoms with Gasteiger partial charge in [-0.05, 0) is 13.0 Å². The number of aromatic amines is 1. The van der Waals surface area contributed by atoms with Gasteiger partial charge in [-0.3, -0.25) is 0 Å². The van der Waals surface area contributed by atoms with Crippen LogP contribution in [0.2, 0.25) is 5.02 Å². The van der Waals surface area contributed by atoms with Gasteiger partial charge in [0.15, 0.2) is 22.3 Å². The average molecular weight is 382 g/mol. The van der Waals surface area contributed by atoms with Gasteiger partial charge in [0.25, 0.3) is 0 Å². The molecule has 134 valence electrons. The van der Waals surface area contributed by atoms with Crippen molar-refractivity contribution in [2.75, 3.05) is 6.61 Å². The van der Waals surface area contributed by atoms with Gasteiger partial charge in [-0.1, -0.05) is 29.8 Å². The van der Waals surface area contributed by atoms with Crippen molar-refractivity contribution in [1.82, 2.24) is 20.2 Å². The molecule has 0 atom stereocenters. The normalized spacial score (nSPS) is 10.7. The lowest BCUT2D eigenvalue weighted by molar-refractivity contribution is -0.0705. The number of nitrogens with zero attached hydrogens (tertiary/aromatic N) is 5. The maximum Gasteiger partial charge on any atom is 0.353 e. The van der Waals surface area contributed by atoms with E-state index in [1.165, 1.54) is 12.3 Å². The Morgan fingerprint density at radius 3 is 3.00 bits per heavy atom. The molecule has 9 heteroatoms. The molecule has 0 bridgehead atoms. The Kier molecular flexibility index (Phi) is 4.42. The number of para-hydroxylation sites is 1. The van der Waals surface area contributed by atoms with Crippen molar-refractivity contribution >= 4 is 45.8 Å². The van der Waals surface area contributed by atoms with Gasteiger partial charge in [0.2, 0.25) is 0 Å². The summed E-state index contributed by atoms with van der Waals surface area (Å²) in [6.07, 6.45) is 1.43. The molecule has 8 nitrogen and oxygen atoms in total. The minimum Gasteiger partial charge on any atom is -0.504 e. The number of halogens is 1. The highest BCUT2D eigenvalue weighted by atomic mass is 35.5. The maximum atomic E-state index is 9.80. The fourth-order valence-corrected chi connectivity index (χ4v) is 2.83. The second-order valence-electron chi connectivity index (χ2n) is 5.60. The monoisotopic (exact) mass is 381 g/mol. The van der Waals surface area contributed by atoms with E-state index in [1.54, 1.807) is 6.07 Å². The Bertz CT molecular complexity index is 1210. The lowest BCUT2D eigenvalue weighted by atomic mass is 10.2. The number of fused-ring (bicyclic) bond motifs is 3. The Labute approximate surface area is 158 Å². The van der Waals surface area contributed by atoms with E-state index < -0.39 is 0 Å². The fraction of sp³-hybridized carbons (Fsp3) is 0.111. The van der Waals surface area contributed by atoms with E-state index in [9.17, 15) is 5.11 Å². The molecule has 0 spiro atoms. The predicted molar refractivity (Wildman–Crippen MR) is 101 cm³/mol. The van der Waals surface area contributed by atoms with E-state index in [0.29, 0.717) is 34.1 Å². The summed E-state index contributed by atoms with van der Waals surface area (Å²) in [7, 11) is 0. The first-order valence-electron chi connectivity index (χ1n) is 8.16. The number of rotatable bonds is 4. The van der Waals surface area contributed by atoms with Crippen LogP contribution < -0.4 is 4.74 Å². The third kappa shape index (κ3) is 3.31. The summed E-state index contributed by atoms with van der Waals surface area (Å²) in [6, 6.07) is 10.7. The van der Waals surface area contributed by atoms with Crippen LogP contribution in [0.4, 0.5) is 5.95 Å². The number of H-pyrrole nitrogens is 1. The number of phenols is 1. The highest BCUT2D eigenvalue weighted by Gasteiger charge is 2.12. The molecule has 4 aromatic rings. The number of hydrogen-bond acceptors (Lipinski definition) is 6. The van der Waals surface area contributed by atoms with Crippen molar-refractivity contribution in [3.63, 3.8) is 0 Å². The van der Waals surface area contributed by atoms with Crippen molar-refractivity contribution in [1.29, 1.82) is 0 Å². The Morgan fingerprint density at radius 2 is 2.15 bits per heavy atom. The molecule has 0 unspecified atom stereocenters. The lowest BCUT2D eigenvalue weighted by Gasteiger charge is -2.05. The Hall–Kier alpha value is -3.48.